The predicted octanol–water partition coefficient (Wildman–Crippen LogP) is 7.75. The molecule has 0 amide bonds. The van der Waals surface area contributed by atoms with Crippen LogP contribution in [-0.4, -0.2) is 68.3 Å². The monoisotopic (exact) mass is 602 g/mol. The molecule has 0 radical (unpaired) electrons. The minimum absolute atomic E-state index is 0.160. The highest BCUT2D eigenvalue weighted by Crippen LogP contribution is 2.44. The van der Waals surface area contributed by atoms with E-state index in [1.165, 1.54) is 0 Å². The SMILES string of the molecule is CCCCOC[C@H]1O[C@@](O)(C(F)c2ccccc2Cc2ccccc2)[C@H](OCCCC)[C@@H](OCCCC)[C@@H]1OCCCC. The molecule has 1 heterocycles. The second-order valence-electron chi connectivity index (χ2n) is 11.6. The van der Waals surface area contributed by atoms with E-state index >= 15 is 4.39 Å². The van der Waals surface area contributed by atoms with E-state index in [0.717, 1.165) is 62.5 Å². The number of rotatable bonds is 21. The van der Waals surface area contributed by atoms with Crippen LogP contribution in [0.3, 0.4) is 0 Å². The molecular formula is C36H55FO6. The topological polar surface area (TPSA) is 66.4 Å². The van der Waals surface area contributed by atoms with Gasteiger partial charge >= 0.3 is 0 Å². The van der Waals surface area contributed by atoms with Gasteiger partial charge < -0.3 is 28.8 Å². The van der Waals surface area contributed by atoms with Gasteiger partial charge in [-0.1, -0.05) is 108 Å². The van der Waals surface area contributed by atoms with Crippen LogP contribution in [0.1, 0.15) is 102 Å². The van der Waals surface area contributed by atoms with Crippen molar-refractivity contribution >= 4 is 0 Å². The van der Waals surface area contributed by atoms with Gasteiger partial charge in [0.05, 0.1) is 6.61 Å². The number of unbranched alkanes of at least 4 members (excludes halogenated alkanes) is 4. The summed E-state index contributed by atoms with van der Waals surface area (Å²) < 4.78 is 48.8. The lowest BCUT2D eigenvalue weighted by molar-refractivity contribution is -0.385. The zero-order chi connectivity index (χ0) is 30.9. The van der Waals surface area contributed by atoms with Crippen molar-refractivity contribution < 1.29 is 33.2 Å². The third-order valence-corrected chi connectivity index (χ3v) is 8.00. The summed E-state index contributed by atoms with van der Waals surface area (Å²) in [7, 11) is 0. The maximum absolute atomic E-state index is 17.1. The summed E-state index contributed by atoms with van der Waals surface area (Å²) in [6.45, 7) is 10.4. The molecule has 1 aliphatic heterocycles. The summed E-state index contributed by atoms with van der Waals surface area (Å²) >= 11 is 0. The number of alkyl halides is 1. The third-order valence-electron chi connectivity index (χ3n) is 8.00. The van der Waals surface area contributed by atoms with E-state index in [0.29, 0.717) is 38.4 Å². The first kappa shape index (κ1) is 35.6. The van der Waals surface area contributed by atoms with Gasteiger partial charge in [-0.2, -0.15) is 0 Å². The average molecular weight is 603 g/mol. The third kappa shape index (κ3) is 10.3. The van der Waals surface area contributed by atoms with Crippen molar-refractivity contribution in [1.29, 1.82) is 0 Å². The fraction of sp³-hybridized carbons (Fsp3) is 0.667. The molecule has 6 nitrogen and oxygen atoms in total. The summed E-state index contributed by atoms with van der Waals surface area (Å²) in [6.07, 6.45) is 2.63. The molecule has 2 aromatic carbocycles. The van der Waals surface area contributed by atoms with Crippen LogP contribution in [0.25, 0.3) is 0 Å². The molecule has 1 aliphatic rings. The van der Waals surface area contributed by atoms with E-state index in [4.69, 9.17) is 23.7 Å². The van der Waals surface area contributed by atoms with Crippen LogP contribution < -0.4 is 0 Å². The number of hydrogen-bond donors (Lipinski definition) is 1. The fourth-order valence-electron chi connectivity index (χ4n) is 5.44. The Labute approximate surface area is 259 Å². The summed E-state index contributed by atoms with van der Waals surface area (Å²) in [6, 6.07) is 17.3. The molecular weight excluding hydrogens is 547 g/mol. The van der Waals surface area contributed by atoms with Crippen molar-refractivity contribution in [3.8, 4) is 0 Å². The van der Waals surface area contributed by atoms with Crippen LogP contribution in [-0.2, 0) is 30.1 Å². The summed E-state index contributed by atoms with van der Waals surface area (Å²) in [5.41, 5.74) is 2.22. The Balaban J connectivity index is 2.03. The van der Waals surface area contributed by atoms with Gasteiger partial charge in [-0.25, -0.2) is 4.39 Å². The molecule has 3 rings (SSSR count). The molecule has 0 aromatic heterocycles. The molecule has 6 atom stereocenters. The van der Waals surface area contributed by atoms with E-state index in [-0.39, 0.29) is 6.61 Å². The molecule has 43 heavy (non-hydrogen) atoms. The highest BCUT2D eigenvalue weighted by Gasteiger charge is 2.60. The lowest BCUT2D eigenvalue weighted by Gasteiger charge is -2.51. The Morgan fingerprint density at radius 3 is 1.95 bits per heavy atom. The zero-order valence-electron chi connectivity index (χ0n) is 26.8. The van der Waals surface area contributed by atoms with Crippen LogP contribution in [0, 0.1) is 0 Å². The molecule has 7 heteroatoms. The molecule has 1 fully saturated rings. The lowest BCUT2D eigenvalue weighted by Crippen LogP contribution is -2.68. The second-order valence-corrected chi connectivity index (χ2v) is 11.6. The molecule has 242 valence electrons. The summed E-state index contributed by atoms with van der Waals surface area (Å²) in [4.78, 5) is 0. The Morgan fingerprint density at radius 1 is 0.744 bits per heavy atom. The van der Waals surface area contributed by atoms with Crippen LogP contribution in [0.5, 0.6) is 0 Å². The molecule has 0 aliphatic carbocycles. The van der Waals surface area contributed by atoms with E-state index in [1.807, 2.05) is 42.5 Å². The predicted molar refractivity (Wildman–Crippen MR) is 169 cm³/mol. The first-order valence-electron chi connectivity index (χ1n) is 16.6. The molecule has 1 N–H and O–H groups in total. The van der Waals surface area contributed by atoms with Gasteiger partial charge in [0.25, 0.3) is 0 Å². The number of benzene rings is 2. The van der Waals surface area contributed by atoms with Crippen molar-refractivity contribution in [2.75, 3.05) is 33.0 Å². The Kier molecular flexibility index (Phi) is 16.1. The largest absolute Gasteiger partial charge is 0.379 e. The maximum atomic E-state index is 17.1. The first-order chi connectivity index (χ1) is 21.0. The number of hydrogen-bond acceptors (Lipinski definition) is 6. The van der Waals surface area contributed by atoms with Gasteiger partial charge in [-0.05, 0) is 48.8 Å². The Morgan fingerprint density at radius 2 is 1.30 bits per heavy atom. The van der Waals surface area contributed by atoms with E-state index in [1.54, 1.807) is 12.1 Å². The van der Waals surface area contributed by atoms with Crippen molar-refractivity contribution in [2.24, 2.45) is 0 Å². The van der Waals surface area contributed by atoms with Crippen LogP contribution >= 0.6 is 0 Å². The molecule has 1 saturated heterocycles. The normalized spacial score (nSPS) is 24.7. The fourth-order valence-corrected chi connectivity index (χ4v) is 5.44. The zero-order valence-corrected chi connectivity index (χ0v) is 26.8. The average Bonchev–Trinajstić information content (AvgIpc) is 3.02. The summed E-state index contributed by atoms with van der Waals surface area (Å²) in [5.74, 6) is -2.32. The minimum Gasteiger partial charge on any atom is -0.379 e. The number of halogens is 1. The van der Waals surface area contributed by atoms with Gasteiger partial charge in [0.15, 0.2) is 6.17 Å². The standard InChI is InChI=1S/C36H55FO6/c1-5-9-22-39-27-31-32(40-23-10-6-2)33(41-24-11-7-3)35(42-25-12-8-4)36(38,43-31)34(37)30-21-17-16-20-29(30)26-28-18-14-13-15-19-28/h13-21,31-35,38H,5-12,22-27H2,1-4H3/t31-,32-,33+,34?,35-,36+/m1/s1. The van der Waals surface area contributed by atoms with E-state index in [9.17, 15) is 5.11 Å². The van der Waals surface area contributed by atoms with Gasteiger partial charge in [0.1, 0.15) is 24.4 Å². The maximum Gasteiger partial charge on any atom is 0.232 e. The Bertz CT molecular complexity index is 1010. The highest BCUT2D eigenvalue weighted by molar-refractivity contribution is 5.35. The summed E-state index contributed by atoms with van der Waals surface area (Å²) in [5, 5.41) is 12.4. The highest BCUT2D eigenvalue weighted by atomic mass is 19.1. The smallest absolute Gasteiger partial charge is 0.232 e. The van der Waals surface area contributed by atoms with Crippen molar-refractivity contribution in [1.82, 2.24) is 0 Å². The van der Waals surface area contributed by atoms with E-state index in [2.05, 4.69) is 27.7 Å². The second kappa shape index (κ2) is 19.5. The van der Waals surface area contributed by atoms with Crippen molar-refractivity contribution in [2.45, 2.75) is 122 Å². The first-order valence-corrected chi connectivity index (χ1v) is 16.6. The number of aliphatic hydroxyl groups is 1. The molecule has 0 saturated carbocycles. The minimum atomic E-state index is -2.32. The van der Waals surface area contributed by atoms with Crippen molar-refractivity contribution in [3.05, 3.63) is 71.3 Å². The van der Waals surface area contributed by atoms with Crippen LogP contribution in [0.4, 0.5) is 4.39 Å². The quantitative estimate of drug-likeness (QED) is 0.147. The van der Waals surface area contributed by atoms with E-state index < -0.39 is 36.4 Å². The Hall–Kier alpha value is -1.87. The van der Waals surface area contributed by atoms with Gasteiger partial charge in [-0.3, -0.25) is 0 Å². The molecule has 1 unspecified atom stereocenters. The molecule has 2 aromatic rings. The van der Waals surface area contributed by atoms with Gasteiger partial charge in [0.2, 0.25) is 5.79 Å². The van der Waals surface area contributed by atoms with Crippen LogP contribution in [0.15, 0.2) is 54.6 Å². The molecule has 0 bridgehead atoms. The van der Waals surface area contributed by atoms with Crippen molar-refractivity contribution in [3.63, 3.8) is 0 Å². The van der Waals surface area contributed by atoms with Gasteiger partial charge in [-0.15, -0.1) is 0 Å². The number of ether oxygens (including phenoxy) is 5. The molecule has 0 spiro atoms. The van der Waals surface area contributed by atoms with Gasteiger partial charge in [0, 0.05) is 26.4 Å². The van der Waals surface area contributed by atoms with Crippen LogP contribution in [0.2, 0.25) is 0 Å². The lowest BCUT2D eigenvalue weighted by atomic mass is 9.84.